The third-order valence-corrected chi connectivity index (χ3v) is 3.16. The van der Waals surface area contributed by atoms with E-state index in [9.17, 15) is 9.90 Å². The van der Waals surface area contributed by atoms with Crippen molar-refractivity contribution in [3.05, 3.63) is 63.8 Å². The molecule has 2 aromatic carbocycles. The average molecular weight is 273 g/mol. The molecule has 19 heavy (non-hydrogen) atoms. The van der Waals surface area contributed by atoms with Crippen molar-refractivity contribution in [2.45, 2.75) is 0 Å². The lowest BCUT2D eigenvalue weighted by Crippen LogP contribution is -2.01. The van der Waals surface area contributed by atoms with Crippen molar-refractivity contribution >= 4 is 22.6 Å². The molecule has 0 aliphatic rings. The normalized spacial score (nSPS) is 10.8. The third-order valence-electron chi connectivity index (χ3n) is 2.87. The molecule has 0 saturated heterocycles. The Labute approximate surface area is 113 Å². The number of benzene rings is 2. The fraction of sp³-hybridized carbons (Fsp3) is 0. The van der Waals surface area contributed by atoms with Crippen molar-refractivity contribution in [2.24, 2.45) is 0 Å². The van der Waals surface area contributed by atoms with Gasteiger partial charge in [0.05, 0.1) is 5.02 Å². The molecular formula is C15H9ClO3. The van der Waals surface area contributed by atoms with Crippen LogP contribution in [0, 0.1) is 0 Å². The maximum atomic E-state index is 12.1. The van der Waals surface area contributed by atoms with Crippen LogP contribution in [0.5, 0.6) is 5.75 Å². The minimum atomic E-state index is -0.319. The van der Waals surface area contributed by atoms with Crippen molar-refractivity contribution in [1.29, 1.82) is 0 Å². The lowest BCUT2D eigenvalue weighted by atomic mass is 10.1. The van der Waals surface area contributed by atoms with Crippen LogP contribution in [0.1, 0.15) is 0 Å². The predicted octanol–water partition coefficient (Wildman–Crippen LogP) is 3.82. The summed E-state index contributed by atoms with van der Waals surface area (Å²) in [5, 5.41) is 10.1. The van der Waals surface area contributed by atoms with Gasteiger partial charge in [0.2, 0.25) is 0 Å². The summed E-state index contributed by atoms with van der Waals surface area (Å²) in [6.07, 6.45) is 0. The second-order valence-electron chi connectivity index (χ2n) is 4.11. The molecule has 0 atom stereocenters. The van der Waals surface area contributed by atoms with Gasteiger partial charge in [-0.25, -0.2) is 0 Å². The molecule has 0 spiro atoms. The molecule has 0 fully saturated rings. The first kappa shape index (κ1) is 11.8. The molecular weight excluding hydrogens is 264 g/mol. The number of hydrogen-bond donors (Lipinski definition) is 1. The Kier molecular flexibility index (Phi) is 2.76. The first-order valence-electron chi connectivity index (χ1n) is 5.67. The summed E-state index contributed by atoms with van der Waals surface area (Å²) in [6, 6.07) is 13.5. The van der Waals surface area contributed by atoms with Gasteiger partial charge in [0.15, 0.2) is 11.0 Å². The maximum absolute atomic E-state index is 12.1. The van der Waals surface area contributed by atoms with Crippen LogP contribution in [0.15, 0.2) is 57.7 Å². The van der Waals surface area contributed by atoms with Gasteiger partial charge in [-0.05, 0) is 12.1 Å². The van der Waals surface area contributed by atoms with Crippen molar-refractivity contribution in [3.63, 3.8) is 0 Å². The second-order valence-corrected chi connectivity index (χ2v) is 4.52. The number of phenolic OH excluding ortho intramolecular Hbond substituents is 1. The summed E-state index contributed by atoms with van der Waals surface area (Å²) in [5.41, 5.74) is 0.661. The molecule has 1 heterocycles. The molecule has 0 aliphatic carbocycles. The molecule has 3 nitrogen and oxygen atoms in total. The van der Waals surface area contributed by atoms with E-state index in [1.165, 1.54) is 18.2 Å². The van der Waals surface area contributed by atoms with Crippen LogP contribution in [0.4, 0.5) is 0 Å². The van der Waals surface area contributed by atoms with Gasteiger partial charge < -0.3 is 9.52 Å². The zero-order valence-corrected chi connectivity index (χ0v) is 10.5. The summed E-state index contributed by atoms with van der Waals surface area (Å²) in [5.74, 6) is 0.290. The molecule has 1 aromatic heterocycles. The molecule has 0 radical (unpaired) electrons. The van der Waals surface area contributed by atoms with Crippen molar-refractivity contribution in [1.82, 2.24) is 0 Å². The Bertz CT molecular complexity index is 807. The Morgan fingerprint density at radius 3 is 2.53 bits per heavy atom. The molecule has 94 valence electrons. The molecule has 3 rings (SSSR count). The fourth-order valence-electron chi connectivity index (χ4n) is 1.96. The zero-order chi connectivity index (χ0) is 13.4. The van der Waals surface area contributed by atoms with Crippen molar-refractivity contribution < 1.29 is 9.52 Å². The number of phenols is 1. The van der Waals surface area contributed by atoms with Crippen molar-refractivity contribution in [2.75, 3.05) is 0 Å². The Balaban J connectivity index is 2.38. The molecule has 4 heteroatoms. The highest BCUT2D eigenvalue weighted by Gasteiger charge is 2.12. The molecule has 0 bridgehead atoms. The molecule has 3 aromatic rings. The number of aromatic hydroxyl groups is 1. The zero-order valence-electron chi connectivity index (χ0n) is 9.76. The lowest BCUT2D eigenvalue weighted by molar-refractivity contribution is 0.479. The van der Waals surface area contributed by atoms with Crippen LogP contribution in [0.3, 0.4) is 0 Å². The van der Waals surface area contributed by atoms with E-state index in [1.54, 1.807) is 0 Å². The number of hydrogen-bond acceptors (Lipinski definition) is 3. The van der Waals surface area contributed by atoms with Gasteiger partial charge in [0.25, 0.3) is 0 Å². The van der Waals surface area contributed by atoms with E-state index in [1.807, 2.05) is 30.3 Å². The summed E-state index contributed by atoms with van der Waals surface area (Å²) >= 11 is 6.02. The van der Waals surface area contributed by atoms with Crippen molar-refractivity contribution in [3.8, 4) is 17.1 Å². The average Bonchev–Trinajstić information content (AvgIpc) is 2.43. The molecule has 1 N–H and O–H groups in total. The maximum Gasteiger partial charge on any atom is 0.197 e. The highest BCUT2D eigenvalue weighted by Crippen LogP contribution is 2.31. The van der Waals surface area contributed by atoms with Crippen LogP contribution in [-0.2, 0) is 0 Å². The van der Waals surface area contributed by atoms with Crippen LogP contribution < -0.4 is 5.43 Å². The fourth-order valence-corrected chi connectivity index (χ4v) is 2.16. The summed E-state index contributed by atoms with van der Waals surface area (Å²) < 4.78 is 5.65. The van der Waals surface area contributed by atoms with Crippen LogP contribution in [-0.4, -0.2) is 5.11 Å². The molecule has 0 aliphatic heterocycles. The van der Waals surface area contributed by atoms with Gasteiger partial charge in [-0.15, -0.1) is 0 Å². The first-order chi connectivity index (χ1) is 9.16. The predicted molar refractivity (Wildman–Crippen MR) is 74.6 cm³/mol. The summed E-state index contributed by atoms with van der Waals surface area (Å²) in [4.78, 5) is 12.1. The minimum absolute atomic E-state index is 0.104. The van der Waals surface area contributed by atoms with E-state index < -0.39 is 0 Å². The lowest BCUT2D eigenvalue weighted by Gasteiger charge is -2.05. The standard InChI is InChI=1S/C15H9ClO3/c16-10-6-7-11(17)14-12(18)8-13(19-15(10)14)9-4-2-1-3-5-9/h1-8,17H. The highest BCUT2D eigenvalue weighted by molar-refractivity contribution is 6.35. The summed E-state index contributed by atoms with van der Waals surface area (Å²) in [6.45, 7) is 0. The van der Waals surface area contributed by atoms with Crippen LogP contribution >= 0.6 is 11.6 Å². The van der Waals surface area contributed by atoms with Gasteiger partial charge in [0.1, 0.15) is 16.9 Å². The van der Waals surface area contributed by atoms with Crippen LogP contribution in [0.2, 0.25) is 5.02 Å². The van der Waals surface area contributed by atoms with E-state index in [0.29, 0.717) is 10.8 Å². The molecule has 0 unspecified atom stereocenters. The Morgan fingerprint density at radius 1 is 1.05 bits per heavy atom. The molecule has 0 amide bonds. The number of rotatable bonds is 1. The van der Waals surface area contributed by atoms with E-state index in [0.717, 1.165) is 5.56 Å². The summed E-state index contributed by atoms with van der Waals surface area (Å²) in [7, 11) is 0. The van der Waals surface area contributed by atoms with Crippen LogP contribution in [0.25, 0.3) is 22.3 Å². The number of fused-ring (bicyclic) bond motifs is 1. The third kappa shape index (κ3) is 1.98. The number of halogens is 1. The quantitative estimate of drug-likeness (QED) is 0.733. The Hall–Kier alpha value is -2.26. The largest absolute Gasteiger partial charge is 0.507 e. The van der Waals surface area contributed by atoms with Gasteiger partial charge in [-0.1, -0.05) is 41.9 Å². The topological polar surface area (TPSA) is 50.4 Å². The Morgan fingerprint density at radius 2 is 1.79 bits per heavy atom. The second kappa shape index (κ2) is 4.44. The SMILES string of the molecule is O=c1cc(-c2ccccc2)oc2c(Cl)ccc(O)c12. The van der Waals surface area contributed by atoms with E-state index in [-0.39, 0.29) is 22.1 Å². The van der Waals surface area contributed by atoms with E-state index >= 15 is 0 Å². The highest BCUT2D eigenvalue weighted by atomic mass is 35.5. The molecule has 0 saturated carbocycles. The first-order valence-corrected chi connectivity index (χ1v) is 6.05. The van der Waals surface area contributed by atoms with Gasteiger partial charge in [-0.2, -0.15) is 0 Å². The van der Waals surface area contributed by atoms with Gasteiger partial charge in [-0.3, -0.25) is 4.79 Å². The van der Waals surface area contributed by atoms with E-state index in [4.69, 9.17) is 16.0 Å². The smallest absolute Gasteiger partial charge is 0.197 e. The monoisotopic (exact) mass is 272 g/mol. The minimum Gasteiger partial charge on any atom is -0.507 e. The van der Waals surface area contributed by atoms with Gasteiger partial charge in [0, 0.05) is 11.6 Å². The van der Waals surface area contributed by atoms with E-state index in [2.05, 4.69) is 0 Å². The van der Waals surface area contributed by atoms with Gasteiger partial charge >= 0.3 is 0 Å².